The second-order valence-corrected chi connectivity index (χ2v) is 20.9. The molecular weight excluding hydrogens is 671 g/mol. The summed E-state index contributed by atoms with van der Waals surface area (Å²) in [7, 11) is -4.07. The molecule has 50 heavy (non-hydrogen) atoms. The minimum Gasteiger partial charge on any atom is -0.309 e. The normalized spacial score (nSPS) is 23.6. The fraction of sp³-hybridized carbons (Fsp3) is 0.641. The van der Waals surface area contributed by atoms with Crippen molar-refractivity contribution in [3.05, 3.63) is 58.7 Å². The van der Waals surface area contributed by atoms with Crippen LogP contribution < -0.4 is 4.72 Å². The van der Waals surface area contributed by atoms with Gasteiger partial charge in [0.1, 0.15) is 0 Å². The Balaban J connectivity index is 1.40. The molecule has 0 atom stereocenters. The first-order valence-corrected chi connectivity index (χ1v) is 21.2. The summed E-state index contributed by atoms with van der Waals surface area (Å²) in [5.74, 6) is 0.0569. The Bertz CT molecular complexity index is 1810. The van der Waals surface area contributed by atoms with E-state index in [1.54, 1.807) is 4.31 Å². The quantitative estimate of drug-likeness (QED) is 0.242. The number of nitrogens with one attached hydrogen (secondary N) is 1. The van der Waals surface area contributed by atoms with E-state index < -0.39 is 31.6 Å². The molecule has 276 valence electrons. The molecule has 0 unspecified atom stereocenters. The summed E-state index contributed by atoms with van der Waals surface area (Å²) in [4.78, 5) is 29.5. The van der Waals surface area contributed by atoms with Crippen LogP contribution in [-0.4, -0.2) is 76.9 Å². The lowest BCUT2D eigenvalue weighted by Crippen LogP contribution is -2.44. The monoisotopic (exact) mass is 727 g/mol. The smallest absolute Gasteiger partial charge is 0.243 e. The van der Waals surface area contributed by atoms with Crippen LogP contribution >= 0.6 is 0 Å². The highest BCUT2D eigenvalue weighted by molar-refractivity contribution is 7.89. The lowest BCUT2D eigenvalue weighted by molar-refractivity contribution is 0.0978. The van der Waals surface area contributed by atoms with E-state index in [2.05, 4.69) is 46.3 Å². The maximum atomic E-state index is 14.4. The van der Waals surface area contributed by atoms with Gasteiger partial charge in [-0.1, -0.05) is 41.5 Å². The predicted octanol–water partition coefficient (Wildman–Crippen LogP) is 6.89. The van der Waals surface area contributed by atoms with Crippen molar-refractivity contribution >= 4 is 31.6 Å². The number of carbonyl (C=O) groups excluding carboxylic acids is 2. The van der Waals surface area contributed by atoms with Crippen LogP contribution in [0.5, 0.6) is 0 Å². The number of sulfonamides is 2. The molecule has 11 heteroatoms. The third-order valence-electron chi connectivity index (χ3n) is 11.5. The number of carbonyl (C=O) groups is 2. The van der Waals surface area contributed by atoms with Crippen LogP contribution in [0, 0.1) is 22.7 Å². The average molecular weight is 728 g/mol. The molecule has 0 amide bonds. The van der Waals surface area contributed by atoms with Gasteiger partial charge in [-0.2, -0.15) is 4.31 Å². The number of ketones is 2. The third kappa shape index (κ3) is 8.27. The van der Waals surface area contributed by atoms with E-state index in [1.165, 1.54) is 36.4 Å². The molecule has 2 aromatic carbocycles. The zero-order valence-electron chi connectivity index (χ0n) is 31.2. The van der Waals surface area contributed by atoms with Crippen LogP contribution in [0.2, 0.25) is 0 Å². The molecule has 5 rings (SSSR count). The van der Waals surface area contributed by atoms with Gasteiger partial charge in [-0.15, -0.1) is 0 Å². The molecule has 9 nitrogen and oxygen atoms in total. The van der Waals surface area contributed by atoms with Gasteiger partial charge in [0.15, 0.2) is 11.6 Å². The zero-order valence-corrected chi connectivity index (χ0v) is 32.8. The summed E-state index contributed by atoms with van der Waals surface area (Å²) in [5, 5.41) is 0. The first-order chi connectivity index (χ1) is 23.2. The van der Waals surface area contributed by atoms with Gasteiger partial charge in [0.05, 0.1) is 9.79 Å². The summed E-state index contributed by atoms with van der Waals surface area (Å²) in [5.41, 5.74) is 0.512. The van der Waals surface area contributed by atoms with Crippen molar-refractivity contribution in [2.45, 2.75) is 121 Å². The van der Waals surface area contributed by atoms with Gasteiger partial charge in [-0.05, 0) is 137 Å². The molecule has 0 saturated heterocycles. The Morgan fingerprint density at radius 1 is 0.640 bits per heavy atom. The fourth-order valence-electron chi connectivity index (χ4n) is 8.21. The van der Waals surface area contributed by atoms with Gasteiger partial charge in [-0.3, -0.25) is 9.59 Å². The molecule has 0 aromatic heterocycles. The van der Waals surface area contributed by atoms with Crippen molar-refractivity contribution in [3.63, 3.8) is 0 Å². The third-order valence-corrected chi connectivity index (χ3v) is 14.9. The lowest BCUT2D eigenvalue weighted by atomic mass is 9.71. The maximum Gasteiger partial charge on any atom is 0.243 e. The van der Waals surface area contributed by atoms with Crippen molar-refractivity contribution in [1.29, 1.82) is 0 Å². The van der Waals surface area contributed by atoms with Crippen molar-refractivity contribution in [2.75, 3.05) is 27.2 Å². The van der Waals surface area contributed by atoms with Crippen LogP contribution in [0.1, 0.15) is 131 Å². The number of hydrogen-bond acceptors (Lipinski definition) is 7. The summed E-state index contributed by atoms with van der Waals surface area (Å²) in [6, 6.07) is 7.86. The minimum atomic E-state index is -4.02. The molecule has 0 radical (unpaired) electrons. The Labute approximate surface area is 300 Å². The Hall–Kier alpha value is -2.44. The highest BCUT2D eigenvalue weighted by Crippen LogP contribution is 2.41. The van der Waals surface area contributed by atoms with Crippen molar-refractivity contribution in [1.82, 2.24) is 13.9 Å². The van der Waals surface area contributed by atoms with E-state index in [-0.39, 0.29) is 55.0 Å². The molecule has 3 aliphatic rings. The van der Waals surface area contributed by atoms with Crippen molar-refractivity contribution < 1.29 is 26.4 Å². The fourth-order valence-corrected chi connectivity index (χ4v) is 11.3. The second kappa shape index (κ2) is 14.5. The SMILES string of the molecule is CN(C)CCCN(C1CCC(C(C)(C)C)CC1)S(=O)(=O)c1ccc2c(c1)C(=O)c1cc(S(=O)(=O)NC3CCC(C(C)(C)C)CC3)ccc1C2=O. The average Bonchev–Trinajstić information content (AvgIpc) is 3.04. The van der Waals surface area contributed by atoms with E-state index in [0.717, 1.165) is 57.9 Å². The van der Waals surface area contributed by atoms with E-state index in [1.807, 2.05) is 19.0 Å². The molecule has 2 saturated carbocycles. The summed E-state index contributed by atoms with van der Waals surface area (Å²) in [6.45, 7) is 14.4. The number of fused-ring (bicyclic) bond motifs is 2. The summed E-state index contributed by atoms with van der Waals surface area (Å²) in [6.07, 6.45) is 7.41. The molecule has 3 aliphatic carbocycles. The van der Waals surface area contributed by atoms with Gasteiger partial charge in [0.25, 0.3) is 0 Å². The number of benzene rings is 2. The standard InChI is InChI=1S/C39H57N3O6S2/c1-38(2,3)26-10-14-28(15-11-26)40-49(45,46)30-18-20-32-34(24-30)37(44)35-25-31(19-21-33(35)36(32)43)50(47,48)42(23-9-22-41(7)8)29-16-12-27(13-17-29)39(4,5)6/h18-21,24-29,40H,9-17,22-23H2,1-8H3. The second-order valence-electron chi connectivity index (χ2n) is 17.3. The zero-order chi connectivity index (χ0) is 36.8. The Morgan fingerprint density at radius 2 is 1.10 bits per heavy atom. The van der Waals surface area contributed by atoms with Crippen LogP contribution in [-0.2, 0) is 20.0 Å². The van der Waals surface area contributed by atoms with E-state index in [4.69, 9.17) is 0 Å². The van der Waals surface area contributed by atoms with E-state index >= 15 is 0 Å². The first kappa shape index (κ1) is 38.8. The molecule has 0 bridgehead atoms. The molecule has 0 aliphatic heterocycles. The molecular formula is C39H57N3O6S2. The van der Waals surface area contributed by atoms with Gasteiger partial charge in [0, 0.05) is 40.9 Å². The van der Waals surface area contributed by atoms with Gasteiger partial charge >= 0.3 is 0 Å². The number of rotatable bonds is 10. The molecule has 2 fully saturated rings. The highest BCUT2D eigenvalue weighted by atomic mass is 32.2. The molecule has 1 N–H and O–H groups in total. The Kier molecular flexibility index (Phi) is 11.3. The lowest BCUT2D eigenvalue weighted by Gasteiger charge is -2.40. The van der Waals surface area contributed by atoms with Crippen LogP contribution in [0.25, 0.3) is 0 Å². The van der Waals surface area contributed by atoms with Crippen molar-refractivity contribution in [2.24, 2.45) is 22.7 Å². The maximum absolute atomic E-state index is 14.4. The molecule has 0 heterocycles. The van der Waals surface area contributed by atoms with Gasteiger partial charge in [-0.25, -0.2) is 21.6 Å². The number of hydrogen-bond donors (Lipinski definition) is 1. The molecule has 2 aromatic rings. The number of nitrogens with zero attached hydrogens (tertiary/aromatic N) is 2. The van der Waals surface area contributed by atoms with Crippen LogP contribution in [0.3, 0.4) is 0 Å². The molecule has 0 spiro atoms. The Morgan fingerprint density at radius 3 is 1.60 bits per heavy atom. The van der Waals surface area contributed by atoms with Gasteiger partial charge < -0.3 is 4.90 Å². The van der Waals surface area contributed by atoms with Crippen LogP contribution in [0.4, 0.5) is 0 Å². The minimum absolute atomic E-state index is 0.0173. The topological polar surface area (TPSA) is 121 Å². The van der Waals surface area contributed by atoms with Crippen molar-refractivity contribution in [3.8, 4) is 0 Å². The highest BCUT2D eigenvalue weighted by Gasteiger charge is 2.39. The largest absolute Gasteiger partial charge is 0.309 e. The van der Waals surface area contributed by atoms with Crippen LogP contribution in [0.15, 0.2) is 46.2 Å². The first-order valence-electron chi connectivity index (χ1n) is 18.3. The summed E-state index contributed by atoms with van der Waals surface area (Å²) < 4.78 is 60.2. The van der Waals surface area contributed by atoms with E-state index in [0.29, 0.717) is 24.8 Å². The summed E-state index contributed by atoms with van der Waals surface area (Å²) >= 11 is 0. The van der Waals surface area contributed by atoms with Gasteiger partial charge in [0.2, 0.25) is 20.0 Å². The predicted molar refractivity (Wildman–Crippen MR) is 198 cm³/mol. The van der Waals surface area contributed by atoms with E-state index in [9.17, 15) is 26.4 Å².